The SMILES string of the molecule is Cc1cc(N2CCN(C(=O)c3n[nH]c(=O)c4ccccc34)CC2)nc(N)n1. The molecule has 4 rings (SSSR count). The van der Waals surface area contributed by atoms with Gasteiger partial charge in [0.1, 0.15) is 5.82 Å². The molecule has 1 aliphatic heterocycles. The zero-order valence-corrected chi connectivity index (χ0v) is 14.8. The van der Waals surface area contributed by atoms with Crippen LogP contribution in [0.3, 0.4) is 0 Å². The lowest BCUT2D eigenvalue weighted by Gasteiger charge is -2.35. The van der Waals surface area contributed by atoms with Crippen molar-refractivity contribution in [2.75, 3.05) is 36.8 Å². The van der Waals surface area contributed by atoms with Crippen molar-refractivity contribution in [3.05, 3.63) is 52.1 Å². The van der Waals surface area contributed by atoms with Crippen LogP contribution in [-0.4, -0.2) is 57.2 Å². The maximum Gasteiger partial charge on any atom is 0.275 e. The van der Waals surface area contributed by atoms with E-state index >= 15 is 0 Å². The summed E-state index contributed by atoms with van der Waals surface area (Å²) in [5.74, 6) is 0.813. The molecule has 1 fully saturated rings. The Morgan fingerprint density at radius 2 is 1.81 bits per heavy atom. The highest BCUT2D eigenvalue weighted by Crippen LogP contribution is 2.18. The maximum absolute atomic E-state index is 13.0. The van der Waals surface area contributed by atoms with Crippen molar-refractivity contribution in [3.8, 4) is 0 Å². The van der Waals surface area contributed by atoms with Gasteiger partial charge in [0.25, 0.3) is 11.5 Å². The monoisotopic (exact) mass is 365 g/mol. The Balaban J connectivity index is 1.54. The van der Waals surface area contributed by atoms with Crippen molar-refractivity contribution < 1.29 is 4.79 Å². The molecule has 27 heavy (non-hydrogen) atoms. The second-order valence-corrected chi connectivity index (χ2v) is 6.45. The van der Waals surface area contributed by atoms with Crippen molar-refractivity contribution in [2.45, 2.75) is 6.92 Å². The fraction of sp³-hybridized carbons (Fsp3) is 0.278. The average Bonchev–Trinajstić information content (AvgIpc) is 2.67. The number of piperazine rings is 1. The first-order valence-electron chi connectivity index (χ1n) is 8.66. The van der Waals surface area contributed by atoms with Crippen LogP contribution in [0.1, 0.15) is 16.2 Å². The normalized spacial score (nSPS) is 14.6. The van der Waals surface area contributed by atoms with Crippen molar-refractivity contribution in [3.63, 3.8) is 0 Å². The Morgan fingerprint density at radius 1 is 1.11 bits per heavy atom. The number of rotatable bonds is 2. The molecule has 1 amide bonds. The van der Waals surface area contributed by atoms with Gasteiger partial charge in [-0.25, -0.2) is 10.1 Å². The fourth-order valence-corrected chi connectivity index (χ4v) is 3.30. The number of aromatic amines is 1. The third-order valence-corrected chi connectivity index (χ3v) is 4.65. The van der Waals surface area contributed by atoms with E-state index in [4.69, 9.17) is 5.73 Å². The quantitative estimate of drug-likeness (QED) is 0.681. The second-order valence-electron chi connectivity index (χ2n) is 6.45. The smallest absolute Gasteiger partial charge is 0.275 e. The highest BCUT2D eigenvalue weighted by molar-refractivity contribution is 6.04. The number of nitrogens with two attached hydrogens (primary N) is 1. The topological polar surface area (TPSA) is 121 Å². The summed E-state index contributed by atoms with van der Waals surface area (Å²) in [7, 11) is 0. The predicted octanol–water partition coefficient (Wildman–Crippen LogP) is 0.566. The number of aromatic nitrogens is 4. The van der Waals surface area contributed by atoms with Gasteiger partial charge in [-0.05, 0) is 13.0 Å². The summed E-state index contributed by atoms with van der Waals surface area (Å²) in [6, 6.07) is 8.87. The van der Waals surface area contributed by atoms with E-state index in [2.05, 4.69) is 25.1 Å². The summed E-state index contributed by atoms with van der Waals surface area (Å²) in [5, 5.41) is 7.44. The van der Waals surface area contributed by atoms with Crippen LogP contribution in [0.5, 0.6) is 0 Å². The molecule has 0 atom stereocenters. The molecular weight excluding hydrogens is 346 g/mol. The first kappa shape index (κ1) is 17.0. The third kappa shape index (κ3) is 3.19. The minimum Gasteiger partial charge on any atom is -0.368 e. The minimum absolute atomic E-state index is 0.194. The molecule has 2 aromatic heterocycles. The standard InChI is InChI=1S/C18H19N7O2/c1-11-10-14(21-18(19)20-11)24-6-8-25(9-7-24)17(27)15-12-4-2-3-5-13(12)16(26)23-22-15/h2-5,10H,6-9H2,1H3,(H,23,26)(H2,19,20,21). The van der Waals surface area contributed by atoms with Gasteiger partial charge < -0.3 is 15.5 Å². The van der Waals surface area contributed by atoms with Crippen molar-refractivity contribution in [2.24, 2.45) is 0 Å². The number of anilines is 2. The van der Waals surface area contributed by atoms with Gasteiger partial charge in [0, 0.05) is 43.3 Å². The van der Waals surface area contributed by atoms with Gasteiger partial charge in [-0.15, -0.1) is 0 Å². The van der Waals surface area contributed by atoms with E-state index in [0.29, 0.717) is 37.0 Å². The number of carbonyl (C=O) groups is 1. The zero-order valence-electron chi connectivity index (χ0n) is 14.8. The van der Waals surface area contributed by atoms with Gasteiger partial charge in [0.15, 0.2) is 5.69 Å². The van der Waals surface area contributed by atoms with Crippen molar-refractivity contribution in [1.82, 2.24) is 25.1 Å². The third-order valence-electron chi connectivity index (χ3n) is 4.65. The molecule has 1 saturated heterocycles. The van der Waals surface area contributed by atoms with Crippen LogP contribution in [0.4, 0.5) is 11.8 Å². The number of hydrogen-bond acceptors (Lipinski definition) is 7. The lowest BCUT2D eigenvalue weighted by atomic mass is 10.1. The number of nitrogens with zero attached hydrogens (tertiary/aromatic N) is 5. The van der Waals surface area contributed by atoms with Crippen LogP contribution in [0.15, 0.2) is 35.1 Å². The van der Waals surface area contributed by atoms with E-state index in [0.717, 1.165) is 11.5 Å². The molecule has 3 heterocycles. The van der Waals surface area contributed by atoms with Gasteiger partial charge >= 0.3 is 0 Å². The fourth-order valence-electron chi connectivity index (χ4n) is 3.30. The minimum atomic E-state index is -0.302. The molecule has 0 saturated carbocycles. The molecule has 138 valence electrons. The summed E-state index contributed by atoms with van der Waals surface area (Å²) in [4.78, 5) is 37.0. The molecular formula is C18H19N7O2. The molecule has 9 heteroatoms. The van der Waals surface area contributed by atoms with Crippen molar-refractivity contribution in [1.29, 1.82) is 0 Å². The van der Waals surface area contributed by atoms with E-state index < -0.39 is 0 Å². The van der Waals surface area contributed by atoms with E-state index in [1.54, 1.807) is 29.2 Å². The molecule has 0 unspecified atom stereocenters. The van der Waals surface area contributed by atoms with Gasteiger partial charge in [-0.3, -0.25) is 9.59 Å². The van der Waals surface area contributed by atoms with Crippen LogP contribution in [0, 0.1) is 6.92 Å². The molecule has 3 aromatic rings. The van der Waals surface area contributed by atoms with Gasteiger partial charge in [0.2, 0.25) is 5.95 Å². The average molecular weight is 365 g/mol. The Morgan fingerprint density at radius 3 is 2.52 bits per heavy atom. The van der Waals surface area contributed by atoms with E-state index in [-0.39, 0.29) is 23.1 Å². The highest BCUT2D eigenvalue weighted by atomic mass is 16.2. The number of nitrogens with one attached hydrogen (secondary N) is 1. The number of H-pyrrole nitrogens is 1. The summed E-state index contributed by atoms with van der Waals surface area (Å²) < 4.78 is 0. The number of nitrogen functional groups attached to an aromatic ring is 1. The number of hydrogen-bond donors (Lipinski definition) is 2. The molecule has 1 aromatic carbocycles. The highest BCUT2D eigenvalue weighted by Gasteiger charge is 2.25. The summed E-state index contributed by atoms with van der Waals surface area (Å²) >= 11 is 0. The number of fused-ring (bicyclic) bond motifs is 1. The molecule has 9 nitrogen and oxygen atoms in total. The maximum atomic E-state index is 13.0. The summed E-state index contributed by atoms with van der Waals surface area (Å²) in [5.41, 5.74) is 6.50. The molecule has 0 aliphatic carbocycles. The van der Waals surface area contributed by atoms with Gasteiger partial charge in [-0.1, -0.05) is 18.2 Å². The van der Waals surface area contributed by atoms with E-state index in [1.165, 1.54) is 0 Å². The molecule has 3 N–H and O–H groups in total. The Hall–Kier alpha value is -3.49. The first-order valence-corrected chi connectivity index (χ1v) is 8.66. The van der Waals surface area contributed by atoms with Crippen LogP contribution in [0.25, 0.3) is 10.8 Å². The molecule has 0 bridgehead atoms. The summed E-state index contributed by atoms with van der Waals surface area (Å²) in [6.45, 7) is 4.17. The molecule has 1 aliphatic rings. The van der Waals surface area contributed by atoms with Crippen LogP contribution in [-0.2, 0) is 0 Å². The second kappa shape index (κ2) is 6.67. The summed E-state index contributed by atoms with van der Waals surface area (Å²) in [6.07, 6.45) is 0. The Kier molecular flexibility index (Phi) is 4.19. The number of carbonyl (C=O) groups excluding carboxylic acids is 1. The Labute approximate surface area is 154 Å². The molecule has 0 spiro atoms. The van der Waals surface area contributed by atoms with Crippen LogP contribution in [0.2, 0.25) is 0 Å². The van der Waals surface area contributed by atoms with E-state index in [1.807, 2.05) is 13.0 Å². The number of amides is 1. The first-order chi connectivity index (χ1) is 13.0. The number of aryl methyl sites for hydroxylation is 1. The van der Waals surface area contributed by atoms with Crippen molar-refractivity contribution >= 4 is 28.4 Å². The van der Waals surface area contributed by atoms with Crippen LogP contribution < -0.4 is 16.2 Å². The Bertz CT molecular complexity index is 1050. The van der Waals surface area contributed by atoms with E-state index in [9.17, 15) is 9.59 Å². The molecule has 0 radical (unpaired) electrons. The largest absolute Gasteiger partial charge is 0.368 e. The number of benzene rings is 1. The zero-order chi connectivity index (χ0) is 19.0. The van der Waals surface area contributed by atoms with Gasteiger partial charge in [0.05, 0.1) is 5.39 Å². The van der Waals surface area contributed by atoms with Gasteiger partial charge in [-0.2, -0.15) is 10.1 Å². The lowest BCUT2D eigenvalue weighted by Crippen LogP contribution is -2.49. The lowest BCUT2D eigenvalue weighted by molar-refractivity contribution is 0.0741. The predicted molar refractivity (Wildman–Crippen MR) is 102 cm³/mol. The van der Waals surface area contributed by atoms with Crippen LogP contribution >= 0.6 is 0 Å².